The fourth-order valence-corrected chi connectivity index (χ4v) is 2.73. The van der Waals surface area contributed by atoms with Gasteiger partial charge in [-0.2, -0.15) is 0 Å². The molecule has 0 spiro atoms. The number of carbonyl (C=O) groups excluding carboxylic acids is 1. The van der Waals surface area contributed by atoms with Gasteiger partial charge in [0, 0.05) is 16.2 Å². The van der Waals surface area contributed by atoms with Crippen LogP contribution in [-0.4, -0.2) is 17.0 Å². The van der Waals surface area contributed by atoms with E-state index in [1.807, 2.05) is 6.07 Å². The largest absolute Gasteiger partial charge is 0.478 e. The monoisotopic (exact) mass is 287 g/mol. The second-order valence-corrected chi connectivity index (χ2v) is 5.17. The number of hydrogen-bond acceptors (Lipinski definition) is 3. The maximum Gasteiger partial charge on any atom is 0.336 e. The van der Waals surface area contributed by atoms with Gasteiger partial charge in [0.05, 0.1) is 5.56 Å². The fourth-order valence-electron chi connectivity index (χ4n) is 1.74. The Morgan fingerprint density at radius 2 is 1.85 bits per heavy atom. The van der Waals surface area contributed by atoms with Crippen molar-refractivity contribution in [1.29, 1.82) is 0 Å². The van der Waals surface area contributed by atoms with E-state index in [-0.39, 0.29) is 5.56 Å². The fraction of sp³-hybridized carbons (Fsp3) is 0.0667. The van der Waals surface area contributed by atoms with Crippen molar-refractivity contribution in [3.63, 3.8) is 0 Å². The zero-order chi connectivity index (χ0) is 14.5. The van der Waals surface area contributed by atoms with Crippen molar-refractivity contribution in [3.05, 3.63) is 65.2 Å². The van der Waals surface area contributed by atoms with Crippen molar-refractivity contribution < 1.29 is 14.7 Å². The quantitative estimate of drug-likeness (QED) is 0.829. The molecule has 0 aromatic heterocycles. The molecule has 0 saturated carbocycles. The molecule has 0 fully saturated rings. The predicted octanol–water partition coefficient (Wildman–Crippen LogP) is 2.78. The van der Waals surface area contributed by atoms with E-state index >= 15 is 0 Å². The average molecular weight is 287 g/mol. The lowest BCUT2D eigenvalue weighted by Gasteiger charge is -2.06. The van der Waals surface area contributed by atoms with Gasteiger partial charge in [0.2, 0.25) is 5.91 Å². The zero-order valence-electron chi connectivity index (χ0n) is 10.6. The van der Waals surface area contributed by atoms with Crippen LogP contribution in [0.25, 0.3) is 0 Å². The molecule has 20 heavy (non-hydrogen) atoms. The first kappa shape index (κ1) is 14.1. The summed E-state index contributed by atoms with van der Waals surface area (Å²) in [5, 5.41) is 9.11. The van der Waals surface area contributed by atoms with Gasteiger partial charge in [-0.3, -0.25) is 4.79 Å². The highest BCUT2D eigenvalue weighted by Crippen LogP contribution is 2.26. The Bertz CT molecular complexity index is 655. The highest BCUT2D eigenvalue weighted by Gasteiger charge is 2.09. The molecule has 0 aliphatic rings. The normalized spacial score (nSPS) is 10.2. The molecule has 0 saturated heterocycles. The molecule has 0 atom stereocenters. The molecular weight excluding hydrogens is 274 g/mol. The van der Waals surface area contributed by atoms with Crippen molar-refractivity contribution in [3.8, 4) is 0 Å². The van der Waals surface area contributed by atoms with Crippen LogP contribution in [0.15, 0.2) is 53.4 Å². The minimum atomic E-state index is -0.945. The first-order valence-corrected chi connectivity index (χ1v) is 6.90. The number of hydrogen-bond donors (Lipinski definition) is 2. The van der Waals surface area contributed by atoms with E-state index < -0.39 is 11.9 Å². The Balaban J connectivity index is 2.15. The minimum Gasteiger partial charge on any atom is -0.478 e. The molecule has 0 heterocycles. The third kappa shape index (κ3) is 3.39. The predicted molar refractivity (Wildman–Crippen MR) is 77.9 cm³/mol. The molecule has 4 nitrogen and oxygen atoms in total. The average Bonchev–Trinajstić information content (AvgIpc) is 2.45. The topological polar surface area (TPSA) is 80.4 Å². The molecular formula is C15H13NO3S. The van der Waals surface area contributed by atoms with E-state index in [0.717, 1.165) is 5.56 Å². The molecule has 1 amide bonds. The van der Waals surface area contributed by atoms with Crippen molar-refractivity contribution >= 4 is 23.6 Å². The lowest BCUT2D eigenvalue weighted by Crippen LogP contribution is -2.10. The summed E-state index contributed by atoms with van der Waals surface area (Å²) in [7, 11) is 0. The summed E-state index contributed by atoms with van der Waals surface area (Å²) < 4.78 is 0. The number of benzene rings is 2. The van der Waals surface area contributed by atoms with Gasteiger partial charge in [-0.1, -0.05) is 24.3 Å². The number of amides is 1. The molecule has 0 radical (unpaired) electrons. The molecule has 5 heteroatoms. The molecule has 102 valence electrons. The standard InChI is InChI=1S/C15H13NO3S/c16-14(17)11-5-3-4-10(8-11)9-20-13-7-2-1-6-12(13)15(18)19/h1-8H,9H2,(H2,16,17)(H,18,19). The summed E-state index contributed by atoms with van der Waals surface area (Å²) in [5.41, 5.74) is 6.89. The van der Waals surface area contributed by atoms with Crippen LogP contribution in [0.1, 0.15) is 26.3 Å². The van der Waals surface area contributed by atoms with E-state index in [1.165, 1.54) is 11.8 Å². The minimum absolute atomic E-state index is 0.281. The van der Waals surface area contributed by atoms with Crippen LogP contribution in [0.3, 0.4) is 0 Å². The number of carboxylic acid groups (broad SMARTS) is 1. The lowest BCUT2D eigenvalue weighted by molar-refractivity contribution is 0.0693. The summed E-state index contributed by atoms with van der Waals surface area (Å²) in [4.78, 5) is 22.9. The summed E-state index contributed by atoms with van der Waals surface area (Å²) in [6.07, 6.45) is 0. The van der Waals surface area contributed by atoms with Crippen molar-refractivity contribution in [2.24, 2.45) is 5.73 Å². The number of nitrogens with two attached hydrogens (primary N) is 1. The first-order chi connectivity index (χ1) is 9.58. The van der Waals surface area contributed by atoms with E-state index in [1.54, 1.807) is 42.5 Å². The van der Waals surface area contributed by atoms with Gasteiger partial charge < -0.3 is 10.8 Å². The summed E-state index contributed by atoms with van der Waals surface area (Å²) in [6.45, 7) is 0. The van der Waals surface area contributed by atoms with Crippen LogP contribution >= 0.6 is 11.8 Å². The third-order valence-corrected chi connectivity index (χ3v) is 3.87. The Labute approximate surface area is 120 Å². The van der Waals surface area contributed by atoms with Crippen LogP contribution in [0.2, 0.25) is 0 Å². The van der Waals surface area contributed by atoms with Gasteiger partial charge in [-0.15, -0.1) is 11.8 Å². The van der Waals surface area contributed by atoms with E-state index in [4.69, 9.17) is 10.8 Å². The SMILES string of the molecule is NC(=O)c1cccc(CSc2ccccc2C(=O)O)c1. The number of carbonyl (C=O) groups is 2. The molecule has 0 unspecified atom stereocenters. The van der Waals surface area contributed by atoms with Gasteiger partial charge in [0.15, 0.2) is 0 Å². The molecule has 3 N–H and O–H groups in total. The van der Waals surface area contributed by atoms with Gasteiger partial charge >= 0.3 is 5.97 Å². The van der Waals surface area contributed by atoms with E-state index in [9.17, 15) is 9.59 Å². The molecule has 2 rings (SSSR count). The molecule has 0 aliphatic heterocycles. The van der Waals surface area contributed by atoms with Crippen LogP contribution in [0.4, 0.5) is 0 Å². The van der Waals surface area contributed by atoms with Gasteiger partial charge in [-0.05, 0) is 29.8 Å². The molecule has 2 aromatic rings. The molecule has 2 aromatic carbocycles. The maximum absolute atomic E-state index is 11.1. The summed E-state index contributed by atoms with van der Waals surface area (Å²) in [5.74, 6) is -0.840. The number of carboxylic acids is 1. The maximum atomic E-state index is 11.1. The molecule has 0 aliphatic carbocycles. The van der Waals surface area contributed by atoms with Crippen LogP contribution in [0.5, 0.6) is 0 Å². The van der Waals surface area contributed by atoms with Crippen molar-refractivity contribution in [2.45, 2.75) is 10.6 Å². The summed E-state index contributed by atoms with van der Waals surface area (Å²) in [6, 6.07) is 13.9. The number of aromatic carboxylic acids is 1. The van der Waals surface area contributed by atoms with Gasteiger partial charge in [0.25, 0.3) is 0 Å². The number of primary amides is 1. The Morgan fingerprint density at radius 3 is 2.55 bits per heavy atom. The highest BCUT2D eigenvalue weighted by atomic mass is 32.2. The van der Waals surface area contributed by atoms with Crippen LogP contribution in [0, 0.1) is 0 Å². The van der Waals surface area contributed by atoms with Crippen molar-refractivity contribution in [2.75, 3.05) is 0 Å². The van der Waals surface area contributed by atoms with Crippen LogP contribution < -0.4 is 5.73 Å². The van der Waals surface area contributed by atoms with Crippen molar-refractivity contribution in [1.82, 2.24) is 0 Å². The second kappa shape index (κ2) is 6.25. The Hall–Kier alpha value is -2.27. The van der Waals surface area contributed by atoms with Gasteiger partial charge in [0.1, 0.15) is 0 Å². The Morgan fingerprint density at radius 1 is 1.10 bits per heavy atom. The highest BCUT2D eigenvalue weighted by molar-refractivity contribution is 7.98. The van der Waals surface area contributed by atoms with E-state index in [2.05, 4.69) is 0 Å². The zero-order valence-corrected chi connectivity index (χ0v) is 11.4. The lowest BCUT2D eigenvalue weighted by atomic mass is 10.1. The smallest absolute Gasteiger partial charge is 0.336 e. The number of rotatable bonds is 5. The molecule has 0 bridgehead atoms. The van der Waals surface area contributed by atoms with E-state index in [0.29, 0.717) is 16.2 Å². The number of thioether (sulfide) groups is 1. The second-order valence-electron chi connectivity index (χ2n) is 4.15. The van der Waals surface area contributed by atoms with Gasteiger partial charge in [-0.25, -0.2) is 4.79 Å². The Kier molecular flexibility index (Phi) is 4.42. The first-order valence-electron chi connectivity index (χ1n) is 5.92. The summed E-state index contributed by atoms with van der Waals surface area (Å²) >= 11 is 1.42. The third-order valence-electron chi connectivity index (χ3n) is 2.72. The van der Waals surface area contributed by atoms with Crippen LogP contribution in [-0.2, 0) is 5.75 Å².